The molecule has 0 saturated heterocycles. The Bertz CT molecular complexity index is 756. The van der Waals surface area contributed by atoms with Crippen LogP contribution in [0.2, 0.25) is 0 Å². The average Bonchev–Trinajstić information content (AvgIpc) is 3.05. The minimum atomic E-state index is -0.156. The summed E-state index contributed by atoms with van der Waals surface area (Å²) in [5.41, 5.74) is 8.95. The highest BCUT2D eigenvalue weighted by Crippen LogP contribution is 2.20. The van der Waals surface area contributed by atoms with Crippen LogP contribution in [-0.4, -0.2) is 21.0 Å². The smallest absolute Gasteiger partial charge is 0.190 e. The normalized spacial score (nSPS) is 12.2. The molecule has 5 heteroatoms. The molecule has 0 spiro atoms. The van der Waals surface area contributed by atoms with E-state index in [-0.39, 0.29) is 6.04 Å². The maximum absolute atomic E-state index is 6.43. The zero-order valence-corrected chi connectivity index (χ0v) is 14.6. The van der Waals surface area contributed by atoms with Gasteiger partial charge in [0, 0.05) is 6.54 Å². The molecular weight excluding hydrogens is 316 g/mol. The fourth-order valence-corrected chi connectivity index (χ4v) is 3.31. The van der Waals surface area contributed by atoms with E-state index < -0.39 is 0 Å². The number of hydrogen-bond acceptors (Lipinski definition) is 4. The van der Waals surface area contributed by atoms with E-state index in [2.05, 4.69) is 51.2 Å². The van der Waals surface area contributed by atoms with Gasteiger partial charge in [-0.3, -0.25) is 0 Å². The van der Waals surface area contributed by atoms with Crippen molar-refractivity contribution < 1.29 is 0 Å². The molecule has 1 heterocycles. The van der Waals surface area contributed by atoms with Crippen molar-refractivity contribution in [3.63, 3.8) is 0 Å². The van der Waals surface area contributed by atoms with Gasteiger partial charge in [0.25, 0.3) is 0 Å². The van der Waals surface area contributed by atoms with E-state index in [1.165, 1.54) is 11.1 Å². The number of hydrogen-bond donors (Lipinski definition) is 1. The Morgan fingerprint density at radius 3 is 2.21 bits per heavy atom. The fourth-order valence-electron chi connectivity index (χ4n) is 2.78. The molecule has 0 bridgehead atoms. The summed E-state index contributed by atoms with van der Waals surface area (Å²) in [5.74, 6) is 0.860. The van der Waals surface area contributed by atoms with Crippen molar-refractivity contribution in [1.29, 1.82) is 0 Å². The molecule has 0 fully saturated rings. The zero-order valence-electron chi connectivity index (χ0n) is 13.8. The Labute approximate surface area is 147 Å². The molecule has 3 aromatic rings. The van der Waals surface area contributed by atoms with Gasteiger partial charge in [0.1, 0.15) is 0 Å². The third-order valence-electron chi connectivity index (χ3n) is 4.03. The number of nitrogens with two attached hydrogens (primary N) is 1. The average molecular weight is 338 g/mol. The quantitative estimate of drug-likeness (QED) is 0.670. The van der Waals surface area contributed by atoms with Gasteiger partial charge >= 0.3 is 0 Å². The SMILES string of the molecule is CSc1nnc([C@@H](N)Cc2ccccc2)n1CCc1ccccc1. The number of rotatable bonds is 7. The molecule has 24 heavy (non-hydrogen) atoms. The van der Waals surface area contributed by atoms with Crippen LogP contribution in [0.5, 0.6) is 0 Å². The van der Waals surface area contributed by atoms with Crippen LogP contribution in [0.1, 0.15) is 23.0 Å². The van der Waals surface area contributed by atoms with E-state index in [9.17, 15) is 0 Å². The molecule has 2 aromatic carbocycles. The summed E-state index contributed by atoms with van der Waals surface area (Å²) in [5, 5.41) is 9.59. The Balaban J connectivity index is 1.76. The fraction of sp³-hybridized carbons (Fsp3) is 0.263. The van der Waals surface area contributed by atoms with Crippen molar-refractivity contribution in [2.75, 3.05) is 6.26 Å². The summed E-state index contributed by atoms with van der Waals surface area (Å²) in [6.07, 6.45) is 3.73. The Morgan fingerprint density at radius 2 is 1.58 bits per heavy atom. The largest absolute Gasteiger partial charge is 0.321 e. The second-order valence-electron chi connectivity index (χ2n) is 5.73. The predicted octanol–water partition coefficient (Wildman–Crippen LogP) is 3.49. The summed E-state index contributed by atoms with van der Waals surface area (Å²) in [6, 6.07) is 20.6. The zero-order chi connectivity index (χ0) is 16.8. The van der Waals surface area contributed by atoms with Crippen molar-refractivity contribution in [3.05, 3.63) is 77.6 Å². The van der Waals surface area contributed by atoms with E-state index in [0.29, 0.717) is 0 Å². The molecule has 0 radical (unpaired) electrons. The van der Waals surface area contributed by atoms with Crippen molar-refractivity contribution >= 4 is 11.8 Å². The number of nitrogens with zero attached hydrogens (tertiary/aromatic N) is 3. The highest BCUT2D eigenvalue weighted by molar-refractivity contribution is 7.98. The molecule has 0 aliphatic carbocycles. The van der Waals surface area contributed by atoms with Crippen molar-refractivity contribution in [3.8, 4) is 0 Å². The highest BCUT2D eigenvalue weighted by Gasteiger charge is 2.18. The number of benzene rings is 2. The first-order valence-electron chi connectivity index (χ1n) is 8.08. The Morgan fingerprint density at radius 1 is 0.958 bits per heavy atom. The third-order valence-corrected chi connectivity index (χ3v) is 4.69. The van der Waals surface area contributed by atoms with Gasteiger partial charge in [-0.2, -0.15) is 0 Å². The van der Waals surface area contributed by atoms with Crippen LogP contribution in [0.15, 0.2) is 65.8 Å². The van der Waals surface area contributed by atoms with Crippen LogP contribution in [0.3, 0.4) is 0 Å². The third kappa shape index (κ3) is 4.04. The van der Waals surface area contributed by atoms with Crippen LogP contribution in [-0.2, 0) is 19.4 Å². The summed E-state index contributed by atoms with van der Waals surface area (Å²) < 4.78 is 2.16. The minimum Gasteiger partial charge on any atom is -0.321 e. The number of thioether (sulfide) groups is 1. The van der Waals surface area contributed by atoms with Gasteiger partial charge in [0.05, 0.1) is 6.04 Å². The first-order valence-corrected chi connectivity index (χ1v) is 9.31. The maximum Gasteiger partial charge on any atom is 0.190 e. The van der Waals surface area contributed by atoms with Gasteiger partial charge in [0.15, 0.2) is 11.0 Å². The number of aryl methyl sites for hydroxylation is 1. The Kier molecular flexibility index (Phi) is 5.67. The lowest BCUT2D eigenvalue weighted by Gasteiger charge is -2.14. The topological polar surface area (TPSA) is 56.7 Å². The van der Waals surface area contributed by atoms with E-state index in [1.54, 1.807) is 11.8 Å². The van der Waals surface area contributed by atoms with Crippen LogP contribution < -0.4 is 5.73 Å². The monoisotopic (exact) mass is 338 g/mol. The standard InChI is InChI=1S/C19H22N4S/c1-24-19-22-21-18(17(20)14-16-10-6-3-7-11-16)23(19)13-12-15-8-4-2-5-9-15/h2-11,17H,12-14,20H2,1H3/t17-/m0/s1. The van der Waals surface area contributed by atoms with Crippen LogP contribution in [0.25, 0.3) is 0 Å². The molecule has 0 aliphatic rings. The molecule has 1 atom stereocenters. The molecule has 1 aromatic heterocycles. The van der Waals surface area contributed by atoms with Gasteiger partial charge in [0.2, 0.25) is 0 Å². The summed E-state index contributed by atoms with van der Waals surface area (Å²) >= 11 is 1.61. The molecular formula is C19H22N4S. The molecule has 0 saturated carbocycles. The molecule has 0 aliphatic heterocycles. The van der Waals surface area contributed by atoms with Crippen LogP contribution in [0.4, 0.5) is 0 Å². The molecule has 0 amide bonds. The van der Waals surface area contributed by atoms with E-state index >= 15 is 0 Å². The molecule has 3 rings (SSSR count). The second-order valence-corrected chi connectivity index (χ2v) is 6.50. The molecule has 0 unspecified atom stereocenters. The molecule has 2 N–H and O–H groups in total. The lowest BCUT2D eigenvalue weighted by Crippen LogP contribution is -2.20. The predicted molar refractivity (Wildman–Crippen MR) is 99.0 cm³/mol. The highest BCUT2D eigenvalue weighted by atomic mass is 32.2. The lowest BCUT2D eigenvalue weighted by molar-refractivity contribution is 0.554. The van der Waals surface area contributed by atoms with Gasteiger partial charge in [-0.25, -0.2) is 0 Å². The van der Waals surface area contributed by atoms with Crippen molar-refractivity contribution in [1.82, 2.24) is 14.8 Å². The van der Waals surface area contributed by atoms with Crippen LogP contribution in [0, 0.1) is 0 Å². The van der Waals surface area contributed by atoms with Crippen LogP contribution >= 0.6 is 11.8 Å². The summed E-state index contributed by atoms with van der Waals surface area (Å²) in [6.45, 7) is 0.838. The molecule has 4 nitrogen and oxygen atoms in total. The van der Waals surface area contributed by atoms with Crippen molar-refractivity contribution in [2.45, 2.75) is 30.6 Å². The van der Waals surface area contributed by atoms with E-state index in [1.807, 2.05) is 30.5 Å². The van der Waals surface area contributed by atoms with Gasteiger partial charge < -0.3 is 10.3 Å². The van der Waals surface area contributed by atoms with Gasteiger partial charge in [-0.05, 0) is 30.2 Å². The lowest BCUT2D eigenvalue weighted by atomic mass is 10.1. The van der Waals surface area contributed by atoms with Gasteiger partial charge in [-0.1, -0.05) is 72.4 Å². The summed E-state index contributed by atoms with van der Waals surface area (Å²) in [4.78, 5) is 0. The Hall–Kier alpha value is -2.11. The van der Waals surface area contributed by atoms with E-state index in [0.717, 1.165) is 30.4 Å². The first kappa shape index (κ1) is 16.7. The van der Waals surface area contributed by atoms with E-state index in [4.69, 9.17) is 5.73 Å². The van der Waals surface area contributed by atoms with Crippen molar-refractivity contribution in [2.24, 2.45) is 5.73 Å². The molecule has 124 valence electrons. The second kappa shape index (κ2) is 8.13. The van der Waals surface area contributed by atoms with Gasteiger partial charge in [-0.15, -0.1) is 10.2 Å². The maximum atomic E-state index is 6.43. The minimum absolute atomic E-state index is 0.156. The first-order chi connectivity index (χ1) is 11.8. The number of aromatic nitrogens is 3. The summed E-state index contributed by atoms with van der Waals surface area (Å²) in [7, 11) is 0.